The van der Waals surface area contributed by atoms with Crippen molar-refractivity contribution in [2.24, 2.45) is 5.73 Å². The van der Waals surface area contributed by atoms with E-state index in [1.54, 1.807) is 45.0 Å². The van der Waals surface area contributed by atoms with Crippen LogP contribution in [0.15, 0.2) is 24.3 Å². The molecule has 0 aliphatic heterocycles. The van der Waals surface area contributed by atoms with Crippen LogP contribution in [0.1, 0.15) is 50.8 Å². The highest BCUT2D eigenvalue weighted by Gasteiger charge is 2.34. The fraction of sp³-hybridized carbons (Fsp3) is 0.522. The quantitative estimate of drug-likeness (QED) is 0.422. The predicted molar refractivity (Wildman–Crippen MR) is 123 cm³/mol. The summed E-state index contributed by atoms with van der Waals surface area (Å²) >= 11 is 0. The fourth-order valence-corrected chi connectivity index (χ4v) is 2.99. The Kier molecular flexibility index (Phi) is 10.5. The van der Waals surface area contributed by atoms with Gasteiger partial charge in [0.15, 0.2) is 0 Å². The average molecular weight is 479 g/mol. The third-order valence-corrected chi connectivity index (χ3v) is 4.68. The van der Waals surface area contributed by atoms with Gasteiger partial charge in [0.1, 0.15) is 24.2 Å². The van der Waals surface area contributed by atoms with Gasteiger partial charge < -0.3 is 30.7 Å². The number of nitrogens with two attached hydrogens (primary N) is 1. The van der Waals surface area contributed by atoms with Crippen molar-refractivity contribution in [1.29, 1.82) is 0 Å². The van der Waals surface area contributed by atoms with Crippen molar-refractivity contribution in [2.75, 3.05) is 20.7 Å². The first-order chi connectivity index (χ1) is 15.7. The zero-order valence-corrected chi connectivity index (χ0v) is 20.5. The SMILES string of the molecule is COC(=O)CNC(=O)C(c1ccc(C)cc1)N(C)C(=O)C(CCC(N)=O)NC(=O)OC(C)(C)C. The molecule has 0 saturated carbocycles. The van der Waals surface area contributed by atoms with Gasteiger partial charge in [0.05, 0.1) is 7.11 Å². The van der Waals surface area contributed by atoms with Gasteiger partial charge in [0.25, 0.3) is 0 Å². The Labute approximate surface area is 199 Å². The lowest BCUT2D eigenvalue weighted by Crippen LogP contribution is -2.52. The lowest BCUT2D eigenvalue weighted by molar-refractivity contribution is -0.143. The maximum Gasteiger partial charge on any atom is 0.408 e. The molecule has 0 spiro atoms. The molecule has 1 aromatic carbocycles. The fourth-order valence-electron chi connectivity index (χ4n) is 2.99. The van der Waals surface area contributed by atoms with E-state index in [1.807, 2.05) is 6.92 Å². The molecule has 0 aliphatic carbocycles. The normalized spacial score (nSPS) is 12.6. The molecule has 34 heavy (non-hydrogen) atoms. The summed E-state index contributed by atoms with van der Waals surface area (Å²) in [5.41, 5.74) is 5.84. The standard InChI is InChI=1S/C23H34N4O7/c1-14-7-9-15(10-8-14)19(20(30)25-13-18(29)33-6)27(5)21(31)16(11-12-17(24)28)26-22(32)34-23(2,3)4/h7-10,16,19H,11-13H2,1-6H3,(H2,24,28)(H,25,30)(H,26,32). The van der Waals surface area contributed by atoms with E-state index in [0.29, 0.717) is 5.56 Å². The Hall–Kier alpha value is -3.63. The van der Waals surface area contributed by atoms with Crippen molar-refractivity contribution in [2.45, 2.75) is 58.2 Å². The minimum atomic E-state index is -1.19. The number of hydrogen-bond acceptors (Lipinski definition) is 7. The Morgan fingerprint density at radius 3 is 2.18 bits per heavy atom. The third-order valence-electron chi connectivity index (χ3n) is 4.68. The van der Waals surface area contributed by atoms with Gasteiger partial charge in [-0.05, 0) is 39.7 Å². The predicted octanol–water partition coefficient (Wildman–Crippen LogP) is 0.943. The van der Waals surface area contributed by atoms with E-state index in [0.717, 1.165) is 10.5 Å². The molecule has 188 valence electrons. The molecule has 4 N–H and O–H groups in total. The number of alkyl carbamates (subject to hydrolysis) is 1. The Morgan fingerprint density at radius 2 is 1.68 bits per heavy atom. The van der Waals surface area contributed by atoms with Crippen LogP contribution in [-0.4, -0.2) is 67.0 Å². The summed E-state index contributed by atoms with van der Waals surface area (Å²) in [4.78, 5) is 62.6. The number of aryl methyl sites for hydroxylation is 1. The number of likely N-dealkylation sites (N-methyl/N-ethyl adjacent to an activating group) is 1. The van der Waals surface area contributed by atoms with E-state index in [-0.39, 0.29) is 19.4 Å². The van der Waals surface area contributed by atoms with E-state index in [1.165, 1.54) is 14.2 Å². The van der Waals surface area contributed by atoms with Crippen molar-refractivity contribution in [3.8, 4) is 0 Å². The number of methoxy groups -OCH3 is 1. The van der Waals surface area contributed by atoms with Crippen molar-refractivity contribution in [3.05, 3.63) is 35.4 Å². The first-order valence-corrected chi connectivity index (χ1v) is 10.7. The zero-order valence-electron chi connectivity index (χ0n) is 20.5. The monoisotopic (exact) mass is 478 g/mol. The number of hydrogen-bond donors (Lipinski definition) is 3. The Bertz CT molecular complexity index is 894. The number of benzene rings is 1. The molecule has 2 atom stereocenters. The summed E-state index contributed by atoms with van der Waals surface area (Å²) < 4.78 is 9.77. The second kappa shape index (κ2) is 12.6. The minimum absolute atomic E-state index is 0.0951. The van der Waals surface area contributed by atoms with E-state index in [2.05, 4.69) is 15.4 Å². The highest BCUT2D eigenvalue weighted by Crippen LogP contribution is 2.22. The van der Waals surface area contributed by atoms with Crippen LogP contribution in [-0.2, 0) is 28.7 Å². The second-order valence-electron chi connectivity index (χ2n) is 8.76. The molecule has 2 unspecified atom stereocenters. The van der Waals surface area contributed by atoms with Gasteiger partial charge in [-0.2, -0.15) is 0 Å². The molecular weight excluding hydrogens is 444 g/mol. The molecule has 0 aliphatic rings. The molecule has 0 bridgehead atoms. The van der Waals surface area contributed by atoms with Crippen LogP contribution in [0.25, 0.3) is 0 Å². The topological polar surface area (TPSA) is 157 Å². The van der Waals surface area contributed by atoms with Gasteiger partial charge in [0, 0.05) is 13.5 Å². The van der Waals surface area contributed by atoms with Crippen molar-refractivity contribution in [3.63, 3.8) is 0 Å². The van der Waals surface area contributed by atoms with Crippen LogP contribution in [0.2, 0.25) is 0 Å². The number of nitrogens with zero attached hydrogens (tertiary/aromatic N) is 1. The van der Waals surface area contributed by atoms with Crippen LogP contribution in [0.3, 0.4) is 0 Å². The molecule has 0 aromatic heterocycles. The molecule has 11 nitrogen and oxygen atoms in total. The summed E-state index contributed by atoms with van der Waals surface area (Å²) in [5.74, 6) is -2.59. The molecule has 11 heteroatoms. The molecule has 0 radical (unpaired) electrons. The molecule has 1 aromatic rings. The summed E-state index contributed by atoms with van der Waals surface area (Å²) in [7, 11) is 2.58. The van der Waals surface area contributed by atoms with Gasteiger partial charge in [-0.1, -0.05) is 29.8 Å². The number of esters is 1. The van der Waals surface area contributed by atoms with Gasteiger partial charge in [-0.3, -0.25) is 19.2 Å². The van der Waals surface area contributed by atoms with Gasteiger partial charge in [-0.25, -0.2) is 4.79 Å². The zero-order chi connectivity index (χ0) is 26.1. The summed E-state index contributed by atoms with van der Waals surface area (Å²) in [6, 6.07) is 4.60. The van der Waals surface area contributed by atoms with E-state index in [4.69, 9.17) is 10.5 Å². The van der Waals surface area contributed by atoms with Gasteiger partial charge in [0.2, 0.25) is 17.7 Å². The summed E-state index contributed by atoms with van der Waals surface area (Å²) in [6.07, 6.45) is -1.13. The summed E-state index contributed by atoms with van der Waals surface area (Å²) in [5, 5.41) is 4.91. The highest BCUT2D eigenvalue weighted by atomic mass is 16.6. The van der Waals surface area contributed by atoms with E-state index in [9.17, 15) is 24.0 Å². The number of rotatable bonds is 10. The number of carbonyl (C=O) groups is 5. The van der Waals surface area contributed by atoms with Crippen LogP contribution in [0.5, 0.6) is 0 Å². The van der Waals surface area contributed by atoms with E-state index < -0.39 is 47.5 Å². The molecule has 0 fully saturated rings. The van der Waals surface area contributed by atoms with Gasteiger partial charge >= 0.3 is 12.1 Å². The lowest BCUT2D eigenvalue weighted by atomic mass is 10.0. The molecule has 1 rings (SSSR count). The Morgan fingerprint density at radius 1 is 1.09 bits per heavy atom. The molecular formula is C23H34N4O7. The third kappa shape index (κ3) is 9.47. The second-order valence-corrected chi connectivity index (χ2v) is 8.76. The molecule has 4 amide bonds. The van der Waals surface area contributed by atoms with Crippen molar-refractivity contribution in [1.82, 2.24) is 15.5 Å². The van der Waals surface area contributed by atoms with Crippen LogP contribution < -0.4 is 16.4 Å². The maximum absolute atomic E-state index is 13.4. The van der Waals surface area contributed by atoms with Crippen LogP contribution in [0, 0.1) is 6.92 Å². The first kappa shape index (κ1) is 28.4. The van der Waals surface area contributed by atoms with E-state index >= 15 is 0 Å². The number of nitrogens with one attached hydrogen (secondary N) is 2. The molecule has 0 saturated heterocycles. The van der Waals surface area contributed by atoms with Gasteiger partial charge in [-0.15, -0.1) is 0 Å². The number of ether oxygens (including phenoxy) is 2. The largest absolute Gasteiger partial charge is 0.468 e. The maximum atomic E-state index is 13.4. The summed E-state index contributed by atoms with van der Waals surface area (Å²) in [6.45, 7) is 6.48. The lowest BCUT2D eigenvalue weighted by Gasteiger charge is -2.31. The molecule has 0 heterocycles. The van der Waals surface area contributed by atoms with Crippen molar-refractivity contribution < 1.29 is 33.4 Å². The van der Waals surface area contributed by atoms with Crippen LogP contribution >= 0.6 is 0 Å². The Balaban J connectivity index is 3.23. The minimum Gasteiger partial charge on any atom is -0.468 e. The average Bonchev–Trinajstić information content (AvgIpc) is 2.74. The number of primary amides is 1. The first-order valence-electron chi connectivity index (χ1n) is 10.7. The number of amides is 4. The van der Waals surface area contributed by atoms with Crippen LogP contribution in [0.4, 0.5) is 4.79 Å². The highest BCUT2D eigenvalue weighted by molar-refractivity contribution is 5.93. The number of carbonyl (C=O) groups excluding carboxylic acids is 5. The van der Waals surface area contributed by atoms with Crippen molar-refractivity contribution >= 4 is 29.8 Å². The smallest absolute Gasteiger partial charge is 0.408 e.